The molecule has 0 bridgehead atoms. The van der Waals surface area contributed by atoms with Crippen LogP contribution < -0.4 is 10.6 Å². The van der Waals surface area contributed by atoms with E-state index in [-0.39, 0.29) is 24.8 Å². The van der Waals surface area contributed by atoms with Crippen LogP contribution >= 0.6 is 0 Å². The Hall–Kier alpha value is -3.68. The maximum atomic E-state index is 13.2. The van der Waals surface area contributed by atoms with Gasteiger partial charge in [0.1, 0.15) is 18.5 Å². The number of alkyl carbamates (subject to hydrolysis) is 1. The second kappa shape index (κ2) is 10.8. The fourth-order valence-corrected chi connectivity index (χ4v) is 3.51. The lowest BCUT2D eigenvalue weighted by Crippen LogP contribution is -2.54. The van der Waals surface area contributed by atoms with Gasteiger partial charge in [0.15, 0.2) is 0 Å². The molecule has 0 aliphatic rings. The number of benzene rings is 2. The number of rotatable bonds is 9. The molecule has 3 rings (SSSR count). The molecule has 174 valence electrons. The van der Waals surface area contributed by atoms with Crippen LogP contribution in [0.5, 0.6) is 0 Å². The van der Waals surface area contributed by atoms with Crippen LogP contribution in [0, 0.1) is 5.82 Å². The fraction of sp³-hybridized carbons (Fsp3) is 0.320. The van der Waals surface area contributed by atoms with Crippen molar-refractivity contribution < 1.29 is 18.7 Å². The average molecular weight is 453 g/mol. The summed E-state index contributed by atoms with van der Waals surface area (Å²) in [5.74, 6) is -0.655. The molecular formula is C25H29FN4O3. The number of ether oxygens (including phenoxy) is 1. The molecule has 7 nitrogen and oxygen atoms in total. The second-order valence-electron chi connectivity index (χ2n) is 8.66. The molecule has 0 radical (unpaired) electrons. The zero-order valence-electron chi connectivity index (χ0n) is 19.0. The van der Waals surface area contributed by atoms with Gasteiger partial charge >= 0.3 is 6.09 Å². The zero-order chi connectivity index (χ0) is 23.8. The van der Waals surface area contributed by atoms with Crippen molar-refractivity contribution in [1.82, 2.24) is 20.4 Å². The first-order valence-electron chi connectivity index (χ1n) is 10.7. The molecule has 0 aliphatic carbocycles. The number of hydrogen-bond donors (Lipinski definition) is 2. The summed E-state index contributed by atoms with van der Waals surface area (Å²) in [7, 11) is 1.78. The van der Waals surface area contributed by atoms with E-state index in [0.717, 1.165) is 16.7 Å². The van der Waals surface area contributed by atoms with Crippen LogP contribution in [-0.4, -0.2) is 33.4 Å². The Morgan fingerprint density at radius 2 is 1.76 bits per heavy atom. The molecule has 0 unspecified atom stereocenters. The largest absolute Gasteiger partial charge is 0.445 e. The lowest BCUT2D eigenvalue weighted by Gasteiger charge is -2.29. The van der Waals surface area contributed by atoms with Crippen LogP contribution in [0.15, 0.2) is 67.0 Å². The van der Waals surface area contributed by atoms with E-state index in [4.69, 9.17) is 4.74 Å². The van der Waals surface area contributed by atoms with Gasteiger partial charge in [0, 0.05) is 25.2 Å². The van der Waals surface area contributed by atoms with Crippen molar-refractivity contribution >= 4 is 12.0 Å². The van der Waals surface area contributed by atoms with E-state index in [9.17, 15) is 14.0 Å². The predicted molar refractivity (Wildman–Crippen MR) is 123 cm³/mol. The maximum Gasteiger partial charge on any atom is 0.408 e. The third kappa shape index (κ3) is 7.75. The van der Waals surface area contributed by atoms with Gasteiger partial charge in [0.05, 0.1) is 6.20 Å². The maximum absolute atomic E-state index is 13.2. The molecule has 0 spiro atoms. The standard InChI is InChI=1S/C25H29FN4O3/c1-25(2,14-18-9-11-21(26)12-10-18)29-23(31)22(13-20-15-27-30(3)16-20)28-24(32)33-17-19-7-5-4-6-8-19/h4-12,15-16,22H,13-14,17H2,1-3H3,(H,28,32)(H,29,31)/t22-/m1/s1. The average Bonchev–Trinajstić information content (AvgIpc) is 3.18. The monoisotopic (exact) mass is 452 g/mol. The number of halogens is 1. The Morgan fingerprint density at radius 1 is 1.06 bits per heavy atom. The number of carbonyl (C=O) groups is 2. The van der Waals surface area contributed by atoms with E-state index in [2.05, 4.69) is 15.7 Å². The summed E-state index contributed by atoms with van der Waals surface area (Å²) in [6.45, 7) is 3.86. The van der Waals surface area contributed by atoms with E-state index in [1.54, 1.807) is 36.3 Å². The molecule has 1 heterocycles. The Morgan fingerprint density at radius 3 is 2.39 bits per heavy atom. The van der Waals surface area contributed by atoms with E-state index in [0.29, 0.717) is 6.42 Å². The van der Waals surface area contributed by atoms with Crippen molar-refractivity contribution in [3.05, 3.63) is 89.5 Å². The third-order valence-corrected chi connectivity index (χ3v) is 5.04. The first-order valence-corrected chi connectivity index (χ1v) is 10.7. The highest BCUT2D eigenvalue weighted by atomic mass is 19.1. The van der Waals surface area contributed by atoms with Gasteiger partial charge < -0.3 is 15.4 Å². The first kappa shape index (κ1) is 24.0. The molecule has 0 fully saturated rings. The van der Waals surface area contributed by atoms with Crippen molar-refractivity contribution in [1.29, 1.82) is 0 Å². The number of aromatic nitrogens is 2. The number of nitrogens with zero attached hydrogens (tertiary/aromatic N) is 2. The molecular weight excluding hydrogens is 423 g/mol. The van der Waals surface area contributed by atoms with E-state index in [1.807, 2.05) is 44.2 Å². The second-order valence-corrected chi connectivity index (χ2v) is 8.66. The van der Waals surface area contributed by atoms with Crippen molar-refractivity contribution in [3.63, 3.8) is 0 Å². The summed E-state index contributed by atoms with van der Waals surface area (Å²) >= 11 is 0. The summed E-state index contributed by atoms with van der Waals surface area (Å²) < 4.78 is 20.1. The number of amides is 2. The van der Waals surface area contributed by atoms with Gasteiger partial charge in [-0.05, 0) is 49.1 Å². The van der Waals surface area contributed by atoms with Crippen LogP contribution in [0.1, 0.15) is 30.5 Å². The Balaban J connectivity index is 1.65. The number of hydrogen-bond acceptors (Lipinski definition) is 4. The lowest BCUT2D eigenvalue weighted by atomic mass is 9.94. The summed E-state index contributed by atoms with van der Waals surface area (Å²) in [5.41, 5.74) is 1.91. The van der Waals surface area contributed by atoms with Crippen molar-refractivity contribution in [3.8, 4) is 0 Å². The zero-order valence-corrected chi connectivity index (χ0v) is 19.0. The fourth-order valence-electron chi connectivity index (χ4n) is 3.51. The highest BCUT2D eigenvalue weighted by Gasteiger charge is 2.28. The Bertz CT molecular complexity index is 1060. The van der Waals surface area contributed by atoms with Gasteiger partial charge in [-0.3, -0.25) is 9.48 Å². The van der Waals surface area contributed by atoms with Crippen molar-refractivity contribution in [2.24, 2.45) is 7.05 Å². The molecule has 3 aromatic rings. The molecule has 1 atom stereocenters. The van der Waals surface area contributed by atoms with Crippen LogP contribution in [0.2, 0.25) is 0 Å². The first-order chi connectivity index (χ1) is 15.7. The smallest absolute Gasteiger partial charge is 0.408 e. The van der Waals surface area contributed by atoms with Gasteiger partial charge in [-0.1, -0.05) is 42.5 Å². The van der Waals surface area contributed by atoms with Crippen LogP contribution in [0.4, 0.5) is 9.18 Å². The lowest BCUT2D eigenvalue weighted by molar-refractivity contribution is -0.124. The topological polar surface area (TPSA) is 85.2 Å². The number of nitrogens with one attached hydrogen (secondary N) is 2. The van der Waals surface area contributed by atoms with Gasteiger partial charge in [-0.15, -0.1) is 0 Å². The summed E-state index contributed by atoms with van der Waals surface area (Å²) in [6, 6.07) is 14.6. The van der Waals surface area contributed by atoms with Crippen LogP contribution in [0.25, 0.3) is 0 Å². The van der Waals surface area contributed by atoms with Gasteiger partial charge in [0.2, 0.25) is 5.91 Å². The summed E-state index contributed by atoms with van der Waals surface area (Å²) in [5, 5.41) is 9.81. The quantitative estimate of drug-likeness (QED) is 0.520. The normalized spacial score (nSPS) is 12.1. The van der Waals surface area contributed by atoms with Gasteiger partial charge in [0.25, 0.3) is 0 Å². The molecule has 2 aromatic carbocycles. The molecule has 8 heteroatoms. The molecule has 2 amide bonds. The SMILES string of the molecule is Cn1cc(C[C@@H](NC(=O)OCc2ccccc2)C(=O)NC(C)(C)Cc2ccc(F)cc2)cn1. The van der Waals surface area contributed by atoms with Gasteiger partial charge in [-0.25, -0.2) is 9.18 Å². The van der Waals surface area contributed by atoms with Crippen LogP contribution in [0.3, 0.4) is 0 Å². The molecule has 0 saturated heterocycles. The summed E-state index contributed by atoms with van der Waals surface area (Å²) in [4.78, 5) is 25.6. The molecule has 2 N–H and O–H groups in total. The summed E-state index contributed by atoms with van der Waals surface area (Å²) in [6.07, 6.45) is 3.52. The Kier molecular flexibility index (Phi) is 7.82. The minimum Gasteiger partial charge on any atom is -0.445 e. The van der Waals surface area contributed by atoms with Crippen molar-refractivity contribution in [2.75, 3.05) is 0 Å². The van der Waals surface area contributed by atoms with Gasteiger partial charge in [-0.2, -0.15) is 5.10 Å². The van der Waals surface area contributed by atoms with Crippen LogP contribution in [-0.2, 0) is 36.0 Å². The number of aryl methyl sites for hydroxylation is 1. The number of carbonyl (C=O) groups excluding carboxylic acids is 2. The predicted octanol–water partition coefficient (Wildman–Crippen LogP) is 3.53. The molecule has 0 saturated carbocycles. The third-order valence-electron chi connectivity index (χ3n) is 5.04. The minimum atomic E-state index is -0.857. The molecule has 33 heavy (non-hydrogen) atoms. The van der Waals surface area contributed by atoms with E-state index >= 15 is 0 Å². The minimum absolute atomic E-state index is 0.101. The van der Waals surface area contributed by atoms with E-state index in [1.165, 1.54) is 12.1 Å². The highest BCUT2D eigenvalue weighted by Crippen LogP contribution is 2.14. The highest BCUT2D eigenvalue weighted by molar-refractivity contribution is 5.86. The van der Waals surface area contributed by atoms with Crippen molar-refractivity contribution in [2.45, 2.75) is 44.9 Å². The van der Waals surface area contributed by atoms with E-state index < -0.39 is 17.7 Å². The molecule has 0 aliphatic heterocycles. The molecule has 1 aromatic heterocycles. The Labute approximate surface area is 193 Å².